The highest BCUT2D eigenvalue weighted by atomic mass is 35.5. The second-order valence-electron chi connectivity index (χ2n) is 5.34. The predicted molar refractivity (Wildman–Crippen MR) is 88.7 cm³/mol. The Morgan fingerprint density at radius 3 is 2.62 bits per heavy atom. The molecule has 1 N–H and O–H groups in total. The summed E-state index contributed by atoms with van der Waals surface area (Å²) in [4.78, 5) is 0. The van der Waals surface area contributed by atoms with Gasteiger partial charge in [0, 0.05) is 19.1 Å². The molecule has 21 heavy (non-hydrogen) atoms. The molecule has 2 aromatic rings. The number of rotatable bonds is 6. The van der Waals surface area contributed by atoms with Crippen molar-refractivity contribution < 1.29 is 0 Å². The molecule has 0 spiro atoms. The van der Waals surface area contributed by atoms with E-state index in [1.807, 2.05) is 4.68 Å². The minimum absolute atomic E-state index is 0.285. The lowest BCUT2D eigenvalue weighted by Gasteiger charge is -2.17. The molecule has 0 amide bonds. The summed E-state index contributed by atoms with van der Waals surface area (Å²) in [6.45, 7) is 10.1. The van der Waals surface area contributed by atoms with Gasteiger partial charge < -0.3 is 5.32 Å². The van der Waals surface area contributed by atoms with Crippen molar-refractivity contribution >= 4 is 11.6 Å². The zero-order chi connectivity index (χ0) is 15.4. The lowest BCUT2D eigenvalue weighted by Crippen LogP contribution is -2.21. The van der Waals surface area contributed by atoms with Crippen LogP contribution in [0, 0.1) is 6.92 Å². The first-order valence-electron chi connectivity index (χ1n) is 7.61. The molecular weight excluding hydrogens is 282 g/mol. The maximum absolute atomic E-state index is 6.45. The zero-order valence-corrected chi connectivity index (χ0v) is 14.0. The molecule has 0 aliphatic rings. The lowest BCUT2D eigenvalue weighted by atomic mass is 10.0. The first-order chi connectivity index (χ1) is 10.1. The van der Waals surface area contributed by atoms with Crippen LogP contribution >= 0.6 is 11.6 Å². The normalized spacial score (nSPS) is 12.6. The highest BCUT2D eigenvalue weighted by molar-refractivity contribution is 6.31. The Hall–Kier alpha value is -1.32. The Bertz CT molecular complexity index is 604. The molecule has 1 heterocycles. The number of nitrogens with zero attached hydrogens (tertiary/aromatic N) is 2. The van der Waals surface area contributed by atoms with Gasteiger partial charge in [-0.1, -0.05) is 42.8 Å². The molecule has 4 heteroatoms. The molecule has 0 aliphatic heterocycles. The van der Waals surface area contributed by atoms with E-state index < -0.39 is 0 Å². The Labute approximate surface area is 132 Å². The first-order valence-corrected chi connectivity index (χ1v) is 7.99. The molecule has 1 atom stereocenters. The van der Waals surface area contributed by atoms with Crippen LogP contribution < -0.4 is 5.32 Å². The van der Waals surface area contributed by atoms with Crippen molar-refractivity contribution in [1.29, 1.82) is 0 Å². The molecule has 3 nitrogen and oxygen atoms in total. The third kappa shape index (κ3) is 3.47. The molecule has 0 unspecified atom stereocenters. The summed E-state index contributed by atoms with van der Waals surface area (Å²) >= 11 is 6.45. The van der Waals surface area contributed by atoms with E-state index in [0.717, 1.165) is 35.9 Å². The van der Waals surface area contributed by atoms with Crippen molar-refractivity contribution in [2.45, 2.75) is 53.2 Å². The van der Waals surface area contributed by atoms with Gasteiger partial charge in [-0.05, 0) is 38.3 Å². The standard InChI is InChI=1S/C17H24ClN3/c1-5-15-17(18)16(21(6-2)20-15)11-19-13(4)14-10-8-7-9-12(14)3/h7-10,13,19H,5-6,11H2,1-4H3/t13-/m0/s1. The molecule has 114 valence electrons. The summed E-state index contributed by atoms with van der Waals surface area (Å²) in [7, 11) is 0. The van der Waals surface area contributed by atoms with Gasteiger partial charge in [0.05, 0.1) is 16.4 Å². The van der Waals surface area contributed by atoms with E-state index in [0.29, 0.717) is 0 Å². The number of aromatic nitrogens is 2. The van der Waals surface area contributed by atoms with Gasteiger partial charge in [0.2, 0.25) is 0 Å². The average Bonchev–Trinajstić information content (AvgIpc) is 2.80. The fraction of sp³-hybridized carbons (Fsp3) is 0.471. The van der Waals surface area contributed by atoms with Crippen LogP contribution in [0.15, 0.2) is 24.3 Å². The van der Waals surface area contributed by atoms with Crippen LogP contribution in [-0.4, -0.2) is 9.78 Å². The van der Waals surface area contributed by atoms with E-state index in [4.69, 9.17) is 11.6 Å². The fourth-order valence-corrected chi connectivity index (χ4v) is 2.95. The minimum Gasteiger partial charge on any atom is -0.305 e. The summed E-state index contributed by atoms with van der Waals surface area (Å²) < 4.78 is 2.00. The first kappa shape index (κ1) is 16.1. The maximum atomic E-state index is 6.45. The van der Waals surface area contributed by atoms with Crippen molar-refractivity contribution in [3.63, 3.8) is 0 Å². The largest absolute Gasteiger partial charge is 0.305 e. The summed E-state index contributed by atoms with van der Waals surface area (Å²) in [6, 6.07) is 8.75. The van der Waals surface area contributed by atoms with E-state index in [-0.39, 0.29) is 6.04 Å². The van der Waals surface area contributed by atoms with Gasteiger partial charge in [-0.25, -0.2) is 0 Å². The molecule has 0 aliphatic carbocycles. The monoisotopic (exact) mass is 305 g/mol. The average molecular weight is 306 g/mol. The zero-order valence-electron chi connectivity index (χ0n) is 13.3. The Balaban J connectivity index is 2.13. The van der Waals surface area contributed by atoms with Crippen LogP contribution in [0.3, 0.4) is 0 Å². The summed E-state index contributed by atoms with van der Waals surface area (Å²) in [6.07, 6.45) is 0.867. The van der Waals surface area contributed by atoms with Crippen LogP contribution in [0.4, 0.5) is 0 Å². The molecule has 1 aromatic heterocycles. The number of hydrogen-bond acceptors (Lipinski definition) is 2. The van der Waals surface area contributed by atoms with Crippen molar-refractivity contribution in [3.05, 3.63) is 51.8 Å². The van der Waals surface area contributed by atoms with Gasteiger partial charge in [0.25, 0.3) is 0 Å². The third-order valence-electron chi connectivity index (χ3n) is 3.92. The maximum Gasteiger partial charge on any atom is 0.0863 e. The Morgan fingerprint density at radius 1 is 1.29 bits per heavy atom. The SMILES string of the molecule is CCc1nn(CC)c(CN[C@@H](C)c2ccccc2C)c1Cl. The van der Waals surface area contributed by atoms with Gasteiger partial charge in [-0.15, -0.1) is 0 Å². The topological polar surface area (TPSA) is 29.9 Å². The number of nitrogens with one attached hydrogen (secondary N) is 1. The predicted octanol–water partition coefficient (Wildman–Crippen LogP) is 4.28. The number of benzene rings is 1. The highest BCUT2D eigenvalue weighted by Gasteiger charge is 2.15. The van der Waals surface area contributed by atoms with Gasteiger partial charge in [-0.3, -0.25) is 4.68 Å². The highest BCUT2D eigenvalue weighted by Crippen LogP contribution is 2.23. The van der Waals surface area contributed by atoms with Gasteiger partial charge in [0.15, 0.2) is 0 Å². The van der Waals surface area contributed by atoms with Crippen molar-refractivity contribution in [3.8, 4) is 0 Å². The van der Waals surface area contributed by atoms with E-state index in [1.54, 1.807) is 0 Å². The quantitative estimate of drug-likeness (QED) is 0.863. The second-order valence-corrected chi connectivity index (χ2v) is 5.71. The van der Waals surface area contributed by atoms with Gasteiger partial charge in [0.1, 0.15) is 0 Å². The molecule has 0 saturated heterocycles. The van der Waals surface area contributed by atoms with Crippen LogP contribution in [0.1, 0.15) is 49.3 Å². The lowest BCUT2D eigenvalue weighted by molar-refractivity contribution is 0.529. The molecule has 0 fully saturated rings. The van der Waals surface area contributed by atoms with E-state index in [2.05, 4.69) is 62.4 Å². The smallest absolute Gasteiger partial charge is 0.0863 e. The molecule has 0 radical (unpaired) electrons. The molecular formula is C17H24ClN3. The van der Waals surface area contributed by atoms with E-state index in [9.17, 15) is 0 Å². The van der Waals surface area contributed by atoms with Crippen molar-refractivity contribution in [1.82, 2.24) is 15.1 Å². The summed E-state index contributed by atoms with van der Waals surface area (Å²) in [5.74, 6) is 0. The number of halogens is 1. The van der Waals surface area contributed by atoms with Crippen molar-refractivity contribution in [2.24, 2.45) is 0 Å². The number of aryl methyl sites for hydroxylation is 3. The molecule has 1 aromatic carbocycles. The molecule has 2 rings (SSSR count). The Kier molecular flexibility index (Phi) is 5.43. The number of hydrogen-bond donors (Lipinski definition) is 1. The van der Waals surface area contributed by atoms with Crippen LogP contribution in [-0.2, 0) is 19.5 Å². The summed E-state index contributed by atoms with van der Waals surface area (Å²) in [5.41, 5.74) is 4.70. The molecule has 0 bridgehead atoms. The van der Waals surface area contributed by atoms with Gasteiger partial charge in [-0.2, -0.15) is 5.10 Å². The van der Waals surface area contributed by atoms with Crippen molar-refractivity contribution in [2.75, 3.05) is 0 Å². The van der Waals surface area contributed by atoms with E-state index >= 15 is 0 Å². The van der Waals surface area contributed by atoms with Crippen LogP contribution in [0.5, 0.6) is 0 Å². The second kappa shape index (κ2) is 7.10. The Morgan fingerprint density at radius 2 is 2.00 bits per heavy atom. The van der Waals surface area contributed by atoms with E-state index in [1.165, 1.54) is 11.1 Å². The molecule has 0 saturated carbocycles. The van der Waals surface area contributed by atoms with Gasteiger partial charge >= 0.3 is 0 Å². The van der Waals surface area contributed by atoms with Crippen LogP contribution in [0.25, 0.3) is 0 Å². The third-order valence-corrected chi connectivity index (χ3v) is 4.36. The minimum atomic E-state index is 0.285. The fourth-order valence-electron chi connectivity index (χ4n) is 2.62. The summed E-state index contributed by atoms with van der Waals surface area (Å²) in [5, 5.41) is 8.93. The van der Waals surface area contributed by atoms with Crippen LogP contribution in [0.2, 0.25) is 5.02 Å².